The second kappa shape index (κ2) is 6.12. The summed E-state index contributed by atoms with van der Waals surface area (Å²) in [6.45, 7) is 4.89. The maximum atomic E-state index is 11.3. The minimum atomic E-state index is -0.147. The van der Waals surface area contributed by atoms with Crippen LogP contribution >= 0.6 is 0 Å². The van der Waals surface area contributed by atoms with E-state index < -0.39 is 0 Å². The molecule has 0 radical (unpaired) electrons. The number of rotatable bonds is 5. The molecule has 1 rings (SSSR count). The summed E-state index contributed by atoms with van der Waals surface area (Å²) in [4.78, 5) is 11.3. The van der Waals surface area contributed by atoms with Crippen LogP contribution in [0.25, 0.3) is 0 Å². The van der Waals surface area contributed by atoms with Gasteiger partial charge in [-0.15, -0.1) is 0 Å². The summed E-state index contributed by atoms with van der Waals surface area (Å²) >= 11 is 0. The summed E-state index contributed by atoms with van der Waals surface area (Å²) in [5.74, 6) is 0.606. The van der Waals surface area contributed by atoms with Gasteiger partial charge in [-0.05, 0) is 31.0 Å². The number of hydrogen-bond acceptors (Lipinski definition) is 3. The highest BCUT2D eigenvalue weighted by atomic mass is 16.5. The minimum Gasteiger partial charge on any atom is -0.483 e. The third-order valence-electron chi connectivity index (χ3n) is 2.17. The SMILES string of the molecule is Cc1ccc(C)c(OCC(=O)NCCN)c1. The number of hydrogen-bond donors (Lipinski definition) is 2. The molecule has 3 N–H and O–H groups in total. The second-order valence-electron chi connectivity index (χ2n) is 3.70. The monoisotopic (exact) mass is 222 g/mol. The predicted octanol–water partition coefficient (Wildman–Crippen LogP) is 0.757. The smallest absolute Gasteiger partial charge is 0.257 e. The number of benzene rings is 1. The highest BCUT2D eigenvalue weighted by molar-refractivity contribution is 5.77. The number of carbonyl (C=O) groups excluding carboxylic acids is 1. The molecule has 0 aliphatic carbocycles. The van der Waals surface area contributed by atoms with Crippen LogP contribution in [-0.2, 0) is 4.79 Å². The topological polar surface area (TPSA) is 64.3 Å². The van der Waals surface area contributed by atoms with Gasteiger partial charge in [0.15, 0.2) is 6.61 Å². The van der Waals surface area contributed by atoms with E-state index in [-0.39, 0.29) is 12.5 Å². The predicted molar refractivity (Wildman–Crippen MR) is 63.5 cm³/mol. The summed E-state index contributed by atoms with van der Waals surface area (Å²) < 4.78 is 5.42. The van der Waals surface area contributed by atoms with Crippen LogP contribution in [0.2, 0.25) is 0 Å². The number of nitrogens with two attached hydrogens (primary N) is 1. The van der Waals surface area contributed by atoms with Crippen LogP contribution in [-0.4, -0.2) is 25.6 Å². The number of aryl methyl sites for hydroxylation is 2. The largest absolute Gasteiger partial charge is 0.483 e. The van der Waals surface area contributed by atoms with Gasteiger partial charge in [-0.1, -0.05) is 12.1 Å². The van der Waals surface area contributed by atoms with Gasteiger partial charge in [0.1, 0.15) is 5.75 Å². The lowest BCUT2D eigenvalue weighted by atomic mass is 10.1. The molecule has 0 bridgehead atoms. The van der Waals surface area contributed by atoms with Crippen LogP contribution in [0.15, 0.2) is 18.2 Å². The molecule has 0 aliphatic rings. The van der Waals surface area contributed by atoms with Crippen LogP contribution < -0.4 is 15.8 Å². The normalized spacial score (nSPS) is 9.94. The molecule has 0 fully saturated rings. The molecule has 1 aromatic carbocycles. The molecular formula is C12H18N2O2. The summed E-state index contributed by atoms with van der Waals surface area (Å²) in [6, 6.07) is 5.91. The molecule has 0 spiro atoms. The zero-order valence-electron chi connectivity index (χ0n) is 9.75. The van der Waals surface area contributed by atoms with E-state index in [1.807, 2.05) is 32.0 Å². The first-order chi connectivity index (χ1) is 7.63. The van der Waals surface area contributed by atoms with Crippen molar-refractivity contribution in [2.24, 2.45) is 5.73 Å². The van der Waals surface area contributed by atoms with Gasteiger partial charge in [-0.3, -0.25) is 4.79 Å². The van der Waals surface area contributed by atoms with Gasteiger partial charge < -0.3 is 15.8 Å². The molecule has 0 saturated carbocycles. The van der Waals surface area contributed by atoms with Crippen molar-refractivity contribution in [1.29, 1.82) is 0 Å². The van der Waals surface area contributed by atoms with Crippen LogP contribution in [0.4, 0.5) is 0 Å². The fourth-order valence-electron chi connectivity index (χ4n) is 1.27. The highest BCUT2D eigenvalue weighted by Gasteiger charge is 2.04. The molecular weight excluding hydrogens is 204 g/mol. The van der Waals surface area contributed by atoms with Crippen LogP contribution in [0.5, 0.6) is 5.75 Å². The molecule has 1 aromatic rings. The number of carbonyl (C=O) groups is 1. The first kappa shape index (κ1) is 12.5. The lowest BCUT2D eigenvalue weighted by Crippen LogP contribution is -2.32. The molecule has 0 aromatic heterocycles. The molecule has 16 heavy (non-hydrogen) atoms. The van der Waals surface area contributed by atoms with Crippen molar-refractivity contribution in [2.75, 3.05) is 19.7 Å². The van der Waals surface area contributed by atoms with Gasteiger partial charge in [0.05, 0.1) is 0 Å². The number of ether oxygens (including phenoxy) is 1. The zero-order valence-corrected chi connectivity index (χ0v) is 9.75. The fraction of sp³-hybridized carbons (Fsp3) is 0.417. The van der Waals surface area contributed by atoms with E-state index in [0.29, 0.717) is 13.1 Å². The molecule has 1 amide bonds. The minimum absolute atomic E-state index is 0.0320. The van der Waals surface area contributed by atoms with E-state index in [4.69, 9.17) is 10.5 Å². The maximum absolute atomic E-state index is 11.3. The van der Waals surface area contributed by atoms with Crippen molar-refractivity contribution in [3.63, 3.8) is 0 Å². The molecule has 4 heteroatoms. The van der Waals surface area contributed by atoms with Crippen LogP contribution in [0.3, 0.4) is 0 Å². The van der Waals surface area contributed by atoms with Crippen molar-refractivity contribution >= 4 is 5.91 Å². The molecule has 88 valence electrons. The maximum Gasteiger partial charge on any atom is 0.257 e. The Balaban J connectivity index is 2.47. The highest BCUT2D eigenvalue weighted by Crippen LogP contribution is 2.18. The Kier molecular flexibility index (Phi) is 4.79. The zero-order chi connectivity index (χ0) is 12.0. The van der Waals surface area contributed by atoms with E-state index in [0.717, 1.165) is 16.9 Å². The lowest BCUT2D eigenvalue weighted by molar-refractivity contribution is -0.123. The molecule has 0 unspecified atom stereocenters. The first-order valence-electron chi connectivity index (χ1n) is 5.30. The van der Waals surface area contributed by atoms with E-state index in [1.165, 1.54) is 0 Å². The van der Waals surface area contributed by atoms with E-state index >= 15 is 0 Å². The van der Waals surface area contributed by atoms with Crippen molar-refractivity contribution in [3.8, 4) is 5.75 Å². The van der Waals surface area contributed by atoms with E-state index in [2.05, 4.69) is 5.32 Å². The Bertz CT molecular complexity index is 364. The van der Waals surface area contributed by atoms with Crippen LogP contribution in [0, 0.1) is 13.8 Å². The Morgan fingerprint density at radius 1 is 1.44 bits per heavy atom. The molecule has 0 aliphatic heterocycles. The second-order valence-corrected chi connectivity index (χ2v) is 3.70. The van der Waals surface area contributed by atoms with Crippen molar-refractivity contribution < 1.29 is 9.53 Å². The van der Waals surface area contributed by atoms with Gasteiger partial charge in [0, 0.05) is 13.1 Å². The average Bonchev–Trinajstić information content (AvgIpc) is 2.27. The van der Waals surface area contributed by atoms with Gasteiger partial charge in [-0.2, -0.15) is 0 Å². The summed E-state index contributed by atoms with van der Waals surface area (Å²) in [7, 11) is 0. The Hall–Kier alpha value is -1.55. The van der Waals surface area contributed by atoms with Gasteiger partial charge in [-0.25, -0.2) is 0 Å². The number of amides is 1. The number of nitrogens with one attached hydrogen (secondary N) is 1. The van der Waals surface area contributed by atoms with E-state index in [9.17, 15) is 4.79 Å². The summed E-state index contributed by atoms with van der Waals surface area (Å²) in [5, 5.41) is 2.65. The summed E-state index contributed by atoms with van der Waals surface area (Å²) in [6.07, 6.45) is 0. The standard InChI is InChI=1S/C12H18N2O2/c1-9-3-4-10(2)11(7-9)16-8-12(15)14-6-5-13/h3-4,7H,5-6,8,13H2,1-2H3,(H,14,15). The fourth-order valence-corrected chi connectivity index (χ4v) is 1.27. The van der Waals surface area contributed by atoms with E-state index in [1.54, 1.807) is 0 Å². The molecule has 0 saturated heterocycles. The quantitative estimate of drug-likeness (QED) is 0.773. The Morgan fingerprint density at radius 3 is 2.88 bits per heavy atom. The van der Waals surface area contributed by atoms with Crippen molar-refractivity contribution in [2.45, 2.75) is 13.8 Å². The lowest BCUT2D eigenvalue weighted by Gasteiger charge is -2.09. The Labute approximate surface area is 95.8 Å². The Morgan fingerprint density at radius 2 is 2.19 bits per heavy atom. The van der Waals surface area contributed by atoms with Crippen molar-refractivity contribution in [1.82, 2.24) is 5.32 Å². The third-order valence-corrected chi connectivity index (χ3v) is 2.17. The molecule has 4 nitrogen and oxygen atoms in total. The van der Waals surface area contributed by atoms with Gasteiger partial charge in [0.25, 0.3) is 5.91 Å². The van der Waals surface area contributed by atoms with Crippen LogP contribution in [0.1, 0.15) is 11.1 Å². The third kappa shape index (κ3) is 3.90. The van der Waals surface area contributed by atoms with Gasteiger partial charge in [0.2, 0.25) is 0 Å². The summed E-state index contributed by atoms with van der Waals surface area (Å²) in [5.41, 5.74) is 7.41. The average molecular weight is 222 g/mol. The van der Waals surface area contributed by atoms with Gasteiger partial charge >= 0.3 is 0 Å². The molecule has 0 heterocycles. The molecule has 0 atom stereocenters. The first-order valence-corrected chi connectivity index (χ1v) is 5.30. The van der Waals surface area contributed by atoms with Crippen molar-refractivity contribution in [3.05, 3.63) is 29.3 Å².